The van der Waals surface area contributed by atoms with Gasteiger partial charge < -0.3 is 14.4 Å². The maximum Gasteiger partial charge on any atom is 0.129 e. The number of hydrogen-bond donors (Lipinski definition) is 0. The Morgan fingerprint density at radius 3 is 2.79 bits per heavy atom. The summed E-state index contributed by atoms with van der Waals surface area (Å²) in [6.07, 6.45) is 3.77. The molecular formula is C16H25NO2. The minimum Gasteiger partial charge on any atom is -0.494 e. The van der Waals surface area contributed by atoms with Gasteiger partial charge >= 0.3 is 0 Å². The van der Waals surface area contributed by atoms with Gasteiger partial charge in [0.1, 0.15) is 11.5 Å². The van der Waals surface area contributed by atoms with E-state index in [1.807, 2.05) is 19.2 Å². The van der Waals surface area contributed by atoms with E-state index in [-0.39, 0.29) is 5.78 Å². The second-order valence-electron chi connectivity index (χ2n) is 4.93. The van der Waals surface area contributed by atoms with Crippen molar-refractivity contribution in [2.75, 3.05) is 25.1 Å². The molecule has 0 aliphatic rings. The second-order valence-corrected chi connectivity index (χ2v) is 4.93. The molecule has 0 spiro atoms. The molecule has 0 N–H and O–H groups in total. The van der Waals surface area contributed by atoms with Crippen LogP contribution in [0.2, 0.25) is 0 Å². The Bertz CT molecular complexity index is 390. The van der Waals surface area contributed by atoms with E-state index in [1.165, 1.54) is 0 Å². The van der Waals surface area contributed by atoms with Gasteiger partial charge in [-0.05, 0) is 31.9 Å². The number of benzene rings is 1. The lowest BCUT2D eigenvalue weighted by Gasteiger charge is -2.19. The fourth-order valence-electron chi connectivity index (χ4n) is 1.84. The first-order chi connectivity index (χ1) is 9.13. The van der Waals surface area contributed by atoms with E-state index >= 15 is 0 Å². The highest BCUT2D eigenvalue weighted by atomic mass is 16.5. The number of ketones is 1. The largest absolute Gasteiger partial charge is 0.494 e. The van der Waals surface area contributed by atoms with Crippen molar-refractivity contribution in [1.29, 1.82) is 0 Å². The number of unbranched alkanes of at least 4 members (excludes halogenated alkanes) is 1. The molecule has 106 valence electrons. The van der Waals surface area contributed by atoms with E-state index in [1.54, 1.807) is 6.92 Å². The quantitative estimate of drug-likeness (QED) is 0.637. The molecule has 0 bridgehead atoms. The Balaban J connectivity index is 2.47. The van der Waals surface area contributed by atoms with Gasteiger partial charge in [0.05, 0.1) is 6.61 Å². The van der Waals surface area contributed by atoms with Gasteiger partial charge in [0, 0.05) is 31.8 Å². The van der Waals surface area contributed by atoms with Gasteiger partial charge in [-0.3, -0.25) is 0 Å². The Hall–Kier alpha value is -1.51. The zero-order valence-corrected chi connectivity index (χ0v) is 12.3. The molecule has 3 heteroatoms. The summed E-state index contributed by atoms with van der Waals surface area (Å²) in [5.41, 5.74) is 1.14. The van der Waals surface area contributed by atoms with Gasteiger partial charge in [-0.1, -0.05) is 19.4 Å². The fraction of sp³-hybridized carbons (Fsp3) is 0.562. The summed E-state index contributed by atoms with van der Waals surface area (Å²) in [6.45, 7) is 5.46. The predicted octanol–water partition coefficient (Wildman–Crippen LogP) is 3.67. The van der Waals surface area contributed by atoms with Crippen LogP contribution in [0.3, 0.4) is 0 Å². The Morgan fingerprint density at radius 2 is 2.11 bits per heavy atom. The molecule has 0 aliphatic heterocycles. The lowest BCUT2D eigenvalue weighted by Crippen LogP contribution is -2.19. The highest BCUT2D eigenvalue weighted by Crippen LogP contribution is 2.20. The van der Waals surface area contributed by atoms with E-state index in [2.05, 4.69) is 24.0 Å². The van der Waals surface area contributed by atoms with E-state index in [4.69, 9.17) is 4.74 Å². The molecule has 0 atom stereocenters. The zero-order chi connectivity index (χ0) is 14.1. The second kappa shape index (κ2) is 8.57. The number of hydrogen-bond acceptors (Lipinski definition) is 3. The van der Waals surface area contributed by atoms with Gasteiger partial charge in [0.15, 0.2) is 0 Å². The third kappa shape index (κ3) is 6.27. The van der Waals surface area contributed by atoms with Crippen molar-refractivity contribution in [3.63, 3.8) is 0 Å². The van der Waals surface area contributed by atoms with E-state index < -0.39 is 0 Å². The first-order valence-electron chi connectivity index (χ1n) is 7.07. The Kier molecular flexibility index (Phi) is 7.01. The third-order valence-corrected chi connectivity index (χ3v) is 3.05. The lowest BCUT2D eigenvalue weighted by atomic mass is 10.2. The summed E-state index contributed by atoms with van der Waals surface area (Å²) >= 11 is 0. The monoisotopic (exact) mass is 263 g/mol. The summed E-state index contributed by atoms with van der Waals surface area (Å²) in [7, 11) is 2.05. The molecule has 0 aliphatic carbocycles. The molecule has 1 aromatic carbocycles. The molecule has 0 saturated heterocycles. The first-order valence-corrected chi connectivity index (χ1v) is 7.07. The van der Waals surface area contributed by atoms with Crippen LogP contribution in [0.5, 0.6) is 5.75 Å². The van der Waals surface area contributed by atoms with E-state index in [0.717, 1.165) is 43.9 Å². The van der Waals surface area contributed by atoms with Crippen molar-refractivity contribution in [2.24, 2.45) is 0 Å². The van der Waals surface area contributed by atoms with Crippen molar-refractivity contribution >= 4 is 11.5 Å². The Labute approximate surface area is 116 Å². The Morgan fingerprint density at radius 1 is 1.32 bits per heavy atom. The molecule has 0 radical (unpaired) electrons. The van der Waals surface area contributed by atoms with Crippen LogP contribution >= 0.6 is 0 Å². The molecule has 0 unspecified atom stereocenters. The third-order valence-electron chi connectivity index (χ3n) is 3.05. The molecule has 0 heterocycles. The minimum absolute atomic E-state index is 0.255. The molecule has 3 nitrogen and oxygen atoms in total. The number of Topliss-reactive ketones (excluding diaryl/α,β-unsaturated/α-hetero) is 1. The number of ether oxygens (including phenoxy) is 1. The summed E-state index contributed by atoms with van der Waals surface area (Å²) in [5.74, 6) is 1.18. The summed E-state index contributed by atoms with van der Waals surface area (Å²) < 4.78 is 5.70. The summed E-state index contributed by atoms with van der Waals surface area (Å²) in [5, 5.41) is 0. The van der Waals surface area contributed by atoms with Crippen LogP contribution in [0, 0.1) is 0 Å². The van der Waals surface area contributed by atoms with Crippen LogP contribution in [0.1, 0.15) is 39.5 Å². The SMILES string of the molecule is CCCCOc1cccc(N(C)CCCC(C)=O)c1. The average molecular weight is 263 g/mol. The van der Waals surface area contributed by atoms with Gasteiger partial charge in [-0.25, -0.2) is 0 Å². The van der Waals surface area contributed by atoms with Crippen LogP contribution in [0.4, 0.5) is 5.69 Å². The molecule has 1 aromatic rings. The standard InChI is InChI=1S/C16H25NO2/c1-4-5-12-19-16-10-6-9-15(13-16)17(3)11-7-8-14(2)18/h6,9-10,13H,4-5,7-8,11-12H2,1-3H3. The van der Waals surface area contributed by atoms with Crippen LogP contribution in [-0.2, 0) is 4.79 Å². The highest BCUT2D eigenvalue weighted by molar-refractivity contribution is 5.75. The average Bonchev–Trinajstić information content (AvgIpc) is 2.39. The van der Waals surface area contributed by atoms with Gasteiger partial charge in [0.25, 0.3) is 0 Å². The number of nitrogens with zero attached hydrogens (tertiary/aromatic N) is 1. The van der Waals surface area contributed by atoms with Crippen molar-refractivity contribution in [2.45, 2.75) is 39.5 Å². The van der Waals surface area contributed by atoms with Gasteiger partial charge in [0.2, 0.25) is 0 Å². The molecule has 19 heavy (non-hydrogen) atoms. The molecule has 0 saturated carbocycles. The number of rotatable bonds is 9. The molecule has 1 rings (SSSR count). The van der Waals surface area contributed by atoms with Crippen molar-refractivity contribution in [3.8, 4) is 5.75 Å². The minimum atomic E-state index is 0.255. The van der Waals surface area contributed by atoms with Gasteiger partial charge in [-0.15, -0.1) is 0 Å². The van der Waals surface area contributed by atoms with Gasteiger partial charge in [-0.2, -0.15) is 0 Å². The predicted molar refractivity (Wildman–Crippen MR) is 80.0 cm³/mol. The number of anilines is 1. The summed E-state index contributed by atoms with van der Waals surface area (Å²) in [4.78, 5) is 13.1. The van der Waals surface area contributed by atoms with Crippen LogP contribution in [0.25, 0.3) is 0 Å². The maximum atomic E-state index is 10.9. The molecule has 0 amide bonds. The normalized spacial score (nSPS) is 10.3. The first kappa shape index (κ1) is 15.5. The van der Waals surface area contributed by atoms with Crippen molar-refractivity contribution < 1.29 is 9.53 Å². The summed E-state index contributed by atoms with van der Waals surface area (Å²) in [6, 6.07) is 8.13. The van der Waals surface area contributed by atoms with Crippen LogP contribution < -0.4 is 9.64 Å². The zero-order valence-electron chi connectivity index (χ0n) is 12.3. The highest BCUT2D eigenvalue weighted by Gasteiger charge is 2.03. The maximum absolute atomic E-state index is 10.9. The van der Waals surface area contributed by atoms with Crippen molar-refractivity contribution in [3.05, 3.63) is 24.3 Å². The number of carbonyl (C=O) groups excluding carboxylic acids is 1. The molecule has 0 fully saturated rings. The molecule has 0 aromatic heterocycles. The van der Waals surface area contributed by atoms with E-state index in [0.29, 0.717) is 6.42 Å². The molecular weight excluding hydrogens is 238 g/mol. The topological polar surface area (TPSA) is 29.5 Å². The fourth-order valence-corrected chi connectivity index (χ4v) is 1.84. The lowest BCUT2D eigenvalue weighted by molar-refractivity contribution is -0.117. The van der Waals surface area contributed by atoms with E-state index in [9.17, 15) is 4.79 Å². The van der Waals surface area contributed by atoms with Crippen LogP contribution in [0.15, 0.2) is 24.3 Å². The number of carbonyl (C=O) groups is 1. The van der Waals surface area contributed by atoms with Crippen molar-refractivity contribution in [1.82, 2.24) is 0 Å². The smallest absolute Gasteiger partial charge is 0.129 e. The van der Waals surface area contributed by atoms with Crippen LogP contribution in [-0.4, -0.2) is 26.0 Å².